The van der Waals surface area contributed by atoms with Gasteiger partial charge in [0.25, 0.3) is 0 Å². The van der Waals surface area contributed by atoms with Crippen LogP contribution < -0.4 is 0 Å². The molecule has 0 aromatic rings. The minimum absolute atomic E-state index is 0.0829. The zero-order chi connectivity index (χ0) is 13.9. The van der Waals surface area contributed by atoms with Crippen LogP contribution in [0.2, 0.25) is 0 Å². The van der Waals surface area contributed by atoms with Gasteiger partial charge >= 0.3 is 11.9 Å². The molecule has 2 N–H and O–H groups in total. The summed E-state index contributed by atoms with van der Waals surface area (Å²) < 4.78 is 19.1. The van der Waals surface area contributed by atoms with Gasteiger partial charge < -0.3 is 29.2 Å². The second-order valence-electron chi connectivity index (χ2n) is 3.01. The Hall–Kier alpha value is -1.41. The molecule has 1 atom stereocenters. The van der Waals surface area contributed by atoms with E-state index < -0.39 is 18.5 Å². The monoisotopic (exact) mass is 262 g/mol. The second kappa shape index (κ2) is 9.60. The summed E-state index contributed by atoms with van der Waals surface area (Å²) in [5.74, 6) is -3.11. The van der Waals surface area contributed by atoms with Gasteiger partial charge in [-0.25, -0.2) is 4.79 Å². The number of ether oxygens (including phenoxy) is 4. The number of aliphatic hydroxyl groups excluding tert-OH is 1. The lowest BCUT2D eigenvalue weighted by atomic mass is 10.5. The largest absolute Gasteiger partial charge is 0.437 e. The predicted octanol–water partition coefficient (Wildman–Crippen LogP) is -0.453. The van der Waals surface area contributed by atoms with E-state index in [9.17, 15) is 9.90 Å². The average molecular weight is 262 g/mol. The van der Waals surface area contributed by atoms with Crippen molar-refractivity contribution < 1.29 is 34.0 Å². The maximum atomic E-state index is 11.0. The van der Waals surface area contributed by atoms with E-state index in [2.05, 4.69) is 22.6 Å². The molecule has 7 nitrogen and oxygen atoms in total. The van der Waals surface area contributed by atoms with E-state index >= 15 is 0 Å². The first kappa shape index (κ1) is 16.6. The minimum atomic E-state index is -2.25. The van der Waals surface area contributed by atoms with Crippen LogP contribution in [0.5, 0.6) is 0 Å². The summed E-state index contributed by atoms with van der Waals surface area (Å²) >= 11 is 0. The highest BCUT2D eigenvalue weighted by Gasteiger charge is 2.33. The maximum Gasteiger partial charge on any atom is 0.395 e. The molecule has 0 heterocycles. The van der Waals surface area contributed by atoms with Crippen LogP contribution >= 0.6 is 0 Å². The van der Waals surface area contributed by atoms with Crippen LogP contribution in [0.25, 0.3) is 0 Å². The van der Waals surface area contributed by atoms with Gasteiger partial charge in [0.1, 0.15) is 0 Å². The number of carbonyl (C=O) groups excluding carboxylic acids is 1. The van der Waals surface area contributed by atoms with E-state index in [-0.39, 0.29) is 26.4 Å². The van der Waals surface area contributed by atoms with Gasteiger partial charge in [0.2, 0.25) is 0 Å². The average Bonchev–Trinajstić information content (AvgIpc) is 2.33. The summed E-state index contributed by atoms with van der Waals surface area (Å²) in [6, 6.07) is 0. The minimum Gasteiger partial charge on any atom is -0.437 e. The van der Waals surface area contributed by atoms with Gasteiger partial charge in [0.05, 0.1) is 32.7 Å². The Morgan fingerprint density at radius 3 is 2.44 bits per heavy atom. The van der Waals surface area contributed by atoms with Crippen molar-refractivity contribution in [3.8, 4) is 0 Å². The lowest BCUT2D eigenvalue weighted by molar-refractivity contribution is -0.336. The summed E-state index contributed by atoms with van der Waals surface area (Å²) in [4.78, 5) is 11.0. The van der Waals surface area contributed by atoms with Gasteiger partial charge in [0.15, 0.2) is 6.61 Å². The molecule has 0 aliphatic carbocycles. The first-order valence-corrected chi connectivity index (χ1v) is 5.21. The fourth-order valence-electron chi connectivity index (χ4n) is 0.902. The number of aliphatic hydroxyl groups is 2. The first-order valence-electron chi connectivity index (χ1n) is 5.21. The van der Waals surface area contributed by atoms with E-state index in [4.69, 9.17) is 14.6 Å². The zero-order valence-corrected chi connectivity index (χ0v) is 10.0. The molecule has 0 fully saturated rings. The van der Waals surface area contributed by atoms with E-state index in [1.54, 1.807) is 0 Å². The van der Waals surface area contributed by atoms with E-state index in [1.807, 2.05) is 0 Å². The van der Waals surface area contributed by atoms with Crippen LogP contribution in [0.15, 0.2) is 25.5 Å². The SMILES string of the molecule is C=COC(O)(COCCOCCO)OC(=O)C=C. The van der Waals surface area contributed by atoms with Crippen molar-refractivity contribution in [1.29, 1.82) is 0 Å². The van der Waals surface area contributed by atoms with E-state index in [0.717, 1.165) is 12.3 Å². The zero-order valence-electron chi connectivity index (χ0n) is 10.0. The molecule has 0 aliphatic heterocycles. The molecule has 0 spiro atoms. The molecular formula is C11H18O7. The van der Waals surface area contributed by atoms with Crippen molar-refractivity contribution in [1.82, 2.24) is 0 Å². The Morgan fingerprint density at radius 1 is 1.22 bits per heavy atom. The third-order valence-electron chi connectivity index (χ3n) is 1.59. The van der Waals surface area contributed by atoms with Crippen LogP contribution in [-0.4, -0.2) is 55.2 Å². The molecule has 0 saturated carbocycles. The lowest BCUT2D eigenvalue weighted by Gasteiger charge is -2.25. The van der Waals surface area contributed by atoms with Crippen molar-refractivity contribution in [2.75, 3.05) is 33.0 Å². The van der Waals surface area contributed by atoms with Gasteiger partial charge in [0, 0.05) is 6.08 Å². The van der Waals surface area contributed by atoms with Crippen molar-refractivity contribution in [3.63, 3.8) is 0 Å². The van der Waals surface area contributed by atoms with Crippen molar-refractivity contribution in [2.45, 2.75) is 5.97 Å². The van der Waals surface area contributed by atoms with Crippen LogP contribution in [-0.2, 0) is 23.7 Å². The fraction of sp³-hybridized carbons (Fsp3) is 0.545. The maximum absolute atomic E-state index is 11.0. The molecule has 0 aromatic carbocycles. The fourth-order valence-corrected chi connectivity index (χ4v) is 0.902. The van der Waals surface area contributed by atoms with Crippen LogP contribution in [0, 0.1) is 0 Å². The molecule has 0 bridgehead atoms. The van der Waals surface area contributed by atoms with E-state index in [1.165, 1.54) is 0 Å². The predicted molar refractivity (Wildman–Crippen MR) is 61.2 cm³/mol. The number of rotatable bonds is 11. The third-order valence-corrected chi connectivity index (χ3v) is 1.59. The molecule has 0 aliphatic rings. The van der Waals surface area contributed by atoms with Gasteiger partial charge in [-0.15, -0.1) is 0 Å². The third kappa shape index (κ3) is 7.80. The van der Waals surface area contributed by atoms with Crippen LogP contribution in [0.3, 0.4) is 0 Å². The quantitative estimate of drug-likeness (QED) is 0.171. The standard InChI is InChI=1S/C11H18O7/c1-3-10(13)18-11(14,17-4-2)9-16-8-7-15-6-5-12/h3-4,12,14H,1-2,5-9H2. The first-order chi connectivity index (χ1) is 8.58. The normalized spacial score (nSPS) is 13.4. The number of carbonyl (C=O) groups is 1. The summed E-state index contributed by atoms with van der Waals surface area (Å²) in [6.45, 7) is 6.48. The topological polar surface area (TPSA) is 94.5 Å². The van der Waals surface area contributed by atoms with Gasteiger partial charge in [-0.05, 0) is 0 Å². The van der Waals surface area contributed by atoms with Gasteiger partial charge in [-0.1, -0.05) is 13.2 Å². The van der Waals surface area contributed by atoms with Gasteiger partial charge in [-0.3, -0.25) is 0 Å². The smallest absolute Gasteiger partial charge is 0.395 e. The highest BCUT2D eigenvalue weighted by atomic mass is 16.8. The highest BCUT2D eigenvalue weighted by molar-refractivity contribution is 5.81. The lowest BCUT2D eigenvalue weighted by Crippen LogP contribution is -2.41. The molecule has 7 heteroatoms. The Kier molecular flexibility index (Phi) is 8.85. The summed E-state index contributed by atoms with van der Waals surface area (Å²) in [5.41, 5.74) is 0. The number of esters is 1. The summed E-state index contributed by atoms with van der Waals surface area (Å²) in [7, 11) is 0. The Balaban J connectivity index is 3.98. The Labute approximate surface area is 105 Å². The molecule has 104 valence electrons. The molecule has 0 amide bonds. The molecular weight excluding hydrogens is 244 g/mol. The van der Waals surface area contributed by atoms with Crippen molar-refractivity contribution >= 4 is 5.97 Å². The van der Waals surface area contributed by atoms with E-state index in [0.29, 0.717) is 0 Å². The second-order valence-corrected chi connectivity index (χ2v) is 3.01. The molecule has 0 rings (SSSR count). The summed E-state index contributed by atoms with van der Waals surface area (Å²) in [5, 5.41) is 18.2. The highest BCUT2D eigenvalue weighted by Crippen LogP contribution is 2.11. The molecule has 0 aromatic heterocycles. The Morgan fingerprint density at radius 2 is 1.89 bits per heavy atom. The van der Waals surface area contributed by atoms with Gasteiger partial charge in [-0.2, -0.15) is 0 Å². The summed E-state index contributed by atoms with van der Waals surface area (Å²) in [6.07, 6.45) is 1.80. The molecule has 18 heavy (non-hydrogen) atoms. The molecule has 1 unspecified atom stereocenters. The Bertz CT molecular complexity index is 266. The molecule has 0 saturated heterocycles. The number of hydrogen-bond acceptors (Lipinski definition) is 7. The van der Waals surface area contributed by atoms with Crippen molar-refractivity contribution in [3.05, 3.63) is 25.5 Å². The van der Waals surface area contributed by atoms with Crippen molar-refractivity contribution in [2.24, 2.45) is 0 Å². The van der Waals surface area contributed by atoms with Crippen LogP contribution in [0.4, 0.5) is 0 Å². The number of hydrogen-bond donors (Lipinski definition) is 2. The molecule has 0 radical (unpaired) electrons. The van der Waals surface area contributed by atoms with Crippen LogP contribution in [0.1, 0.15) is 0 Å².